The molecule has 0 amide bonds. The number of hydrogen-bond donors (Lipinski definition) is 0. The molecule has 0 heterocycles. The van der Waals surface area contributed by atoms with E-state index >= 15 is 0 Å². The summed E-state index contributed by atoms with van der Waals surface area (Å²) in [5.41, 5.74) is 14.7. The maximum Gasteiger partial charge on any atom is 0.123 e. The molecule has 72 heavy (non-hydrogen) atoms. The summed E-state index contributed by atoms with van der Waals surface area (Å²) in [5.74, 6) is -1.27. The molecule has 0 aliphatic rings. The van der Waals surface area contributed by atoms with Gasteiger partial charge in [-0.05, 0) is 201 Å². The normalized spacial score (nSPS) is 11.5. The van der Waals surface area contributed by atoms with Gasteiger partial charge in [-0.3, -0.25) is 0 Å². The molecule has 0 atom stereocenters. The lowest BCUT2D eigenvalue weighted by Crippen LogP contribution is -2.12. The minimum atomic E-state index is -0.318. The number of hydrogen-bond acceptors (Lipinski definition) is 2. The van der Waals surface area contributed by atoms with E-state index in [2.05, 4.69) is 157 Å². The van der Waals surface area contributed by atoms with E-state index in [0.717, 1.165) is 122 Å². The van der Waals surface area contributed by atoms with Gasteiger partial charge in [-0.25, -0.2) is 17.6 Å². The molecule has 0 aliphatic carbocycles. The van der Waals surface area contributed by atoms with Crippen molar-refractivity contribution in [3.63, 3.8) is 0 Å². The van der Waals surface area contributed by atoms with E-state index in [1.807, 2.05) is 0 Å². The summed E-state index contributed by atoms with van der Waals surface area (Å²) in [4.78, 5) is 4.56. The molecule has 0 aromatic heterocycles. The van der Waals surface area contributed by atoms with Crippen LogP contribution in [0, 0.1) is 37.1 Å². The molecular weight excluding hydrogens is 897 g/mol. The average molecular weight is 941 g/mol. The fraction of sp³-hybridized carbons (Fsp3) is 0.0303. The first-order valence-corrected chi connectivity index (χ1v) is 23.9. The van der Waals surface area contributed by atoms with Crippen molar-refractivity contribution in [1.29, 1.82) is 0 Å². The second-order valence-corrected chi connectivity index (χ2v) is 18.5. The highest BCUT2D eigenvalue weighted by atomic mass is 19.1. The Hall–Kier alpha value is -9.00. The fourth-order valence-electron chi connectivity index (χ4n) is 10.1. The second kappa shape index (κ2) is 18.1. The maximum absolute atomic E-state index is 14.4. The molecule has 0 unspecified atom stereocenters. The third-order valence-corrected chi connectivity index (χ3v) is 13.7. The van der Waals surface area contributed by atoms with Gasteiger partial charge in [0.05, 0.1) is 11.4 Å². The van der Waals surface area contributed by atoms with E-state index < -0.39 is 0 Å². The zero-order chi connectivity index (χ0) is 49.0. The quantitative estimate of drug-likeness (QED) is 0.0996. The Morgan fingerprint density at radius 2 is 0.528 bits per heavy atom. The van der Waals surface area contributed by atoms with E-state index in [4.69, 9.17) is 0 Å². The van der Waals surface area contributed by atoms with E-state index in [1.165, 1.54) is 48.5 Å². The predicted octanol–water partition coefficient (Wildman–Crippen LogP) is 19.4. The summed E-state index contributed by atoms with van der Waals surface area (Å²) in [6.07, 6.45) is 0. The zero-order valence-electron chi connectivity index (χ0n) is 39.3. The average Bonchev–Trinajstić information content (AvgIpc) is 3.40. The first-order valence-electron chi connectivity index (χ1n) is 23.9. The first kappa shape index (κ1) is 44.2. The summed E-state index contributed by atoms with van der Waals surface area (Å²) >= 11 is 0. The SMILES string of the molecule is Cc1ccc(N(c2cc(-c3ccc(F)cc3)cc(-c3ccc(F)cc3)c2)c2ccc3ccc4c(N(c5ccc(C)cc5)c5cc(-c6ccc(F)cc6)cc(-c6ccc(F)cc6)c5)ccc5ccc2c3c54)cc1. The van der Waals surface area contributed by atoms with E-state index in [9.17, 15) is 17.6 Å². The minimum absolute atomic E-state index is 0.318. The van der Waals surface area contributed by atoms with Crippen LogP contribution in [0.1, 0.15) is 11.1 Å². The number of nitrogens with zero attached hydrogens (tertiary/aromatic N) is 2. The van der Waals surface area contributed by atoms with Gasteiger partial charge in [-0.15, -0.1) is 0 Å². The van der Waals surface area contributed by atoms with Crippen molar-refractivity contribution < 1.29 is 17.6 Å². The molecule has 0 bridgehead atoms. The Morgan fingerprint density at radius 1 is 0.250 bits per heavy atom. The van der Waals surface area contributed by atoms with Crippen molar-refractivity contribution in [3.8, 4) is 44.5 Å². The van der Waals surface area contributed by atoms with Crippen molar-refractivity contribution in [2.75, 3.05) is 9.80 Å². The smallest absolute Gasteiger partial charge is 0.123 e. The molecule has 346 valence electrons. The van der Waals surface area contributed by atoms with Gasteiger partial charge in [0, 0.05) is 33.5 Å². The lowest BCUT2D eigenvalue weighted by Gasteiger charge is -2.30. The molecule has 0 N–H and O–H groups in total. The Labute approximate surface area is 415 Å². The molecule has 6 heteroatoms. The Balaban J connectivity index is 1.10. The van der Waals surface area contributed by atoms with Crippen molar-refractivity contribution in [3.05, 3.63) is 265 Å². The molecule has 0 radical (unpaired) electrons. The Bertz CT molecular complexity index is 3550. The lowest BCUT2D eigenvalue weighted by atomic mass is 9.91. The second-order valence-electron chi connectivity index (χ2n) is 18.5. The van der Waals surface area contributed by atoms with Gasteiger partial charge in [-0.2, -0.15) is 0 Å². The molecule has 0 saturated carbocycles. The number of benzene rings is 12. The Kier molecular flexibility index (Phi) is 11.1. The minimum Gasteiger partial charge on any atom is -0.310 e. The van der Waals surface area contributed by atoms with Crippen LogP contribution in [-0.2, 0) is 0 Å². The van der Waals surface area contributed by atoms with Crippen molar-refractivity contribution in [2.24, 2.45) is 0 Å². The number of halogens is 4. The molecule has 12 rings (SSSR count). The monoisotopic (exact) mass is 940 g/mol. The molecule has 0 aliphatic heterocycles. The van der Waals surface area contributed by atoms with Gasteiger partial charge in [0.2, 0.25) is 0 Å². The summed E-state index contributed by atoms with van der Waals surface area (Å²) in [7, 11) is 0. The van der Waals surface area contributed by atoms with Crippen molar-refractivity contribution >= 4 is 66.4 Å². The highest BCUT2D eigenvalue weighted by molar-refractivity contribution is 6.28. The van der Waals surface area contributed by atoms with Crippen molar-refractivity contribution in [1.82, 2.24) is 0 Å². The van der Waals surface area contributed by atoms with Gasteiger partial charge in [0.25, 0.3) is 0 Å². The number of anilines is 6. The largest absolute Gasteiger partial charge is 0.310 e. The fourth-order valence-corrected chi connectivity index (χ4v) is 10.1. The number of aryl methyl sites for hydroxylation is 2. The maximum atomic E-state index is 14.4. The molecule has 0 fully saturated rings. The first-order chi connectivity index (χ1) is 35.1. The topological polar surface area (TPSA) is 6.48 Å². The van der Waals surface area contributed by atoms with E-state index in [1.54, 1.807) is 48.5 Å². The van der Waals surface area contributed by atoms with E-state index in [0.29, 0.717) is 0 Å². The van der Waals surface area contributed by atoms with Crippen LogP contribution in [0.5, 0.6) is 0 Å². The standard InChI is InChI=1S/C66H44F4N2/c1-41-3-27-57(28-4-41)71(59-37-49(43-7-19-53(67)20-8-43)35-50(38-59)44-9-21-54(68)22-10-44)63-33-17-47-16-32-62-64(34-18-48-15-31-61(63)65(47)66(48)62)72(58-29-5-42(2)6-30-58)60-39-51(45-11-23-55(69)24-12-45)36-52(40-60)46-13-25-56(70)26-14-46/h3-40H,1-2H3. The lowest BCUT2D eigenvalue weighted by molar-refractivity contribution is 0.627. The summed E-state index contributed by atoms with van der Waals surface area (Å²) in [6.45, 7) is 4.15. The van der Waals surface area contributed by atoms with Gasteiger partial charge in [-0.1, -0.05) is 120 Å². The third kappa shape index (κ3) is 8.27. The van der Waals surface area contributed by atoms with Crippen molar-refractivity contribution in [2.45, 2.75) is 13.8 Å². The van der Waals surface area contributed by atoms with Gasteiger partial charge in [0.1, 0.15) is 23.3 Å². The van der Waals surface area contributed by atoms with Crippen LogP contribution in [0.15, 0.2) is 231 Å². The van der Waals surface area contributed by atoms with Gasteiger partial charge >= 0.3 is 0 Å². The molecule has 12 aromatic rings. The van der Waals surface area contributed by atoms with Crippen LogP contribution in [-0.4, -0.2) is 0 Å². The van der Waals surface area contributed by atoms with Gasteiger partial charge < -0.3 is 9.80 Å². The van der Waals surface area contributed by atoms with Crippen LogP contribution >= 0.6 is 0 Å². The highest BCUT2D eigenvalue weighted by Gasteiger charge is 2.24. The zero-order valence-corrected chi connectivity index (χ0v) is 39.3. The van der Waals surface area contributed by atoms with Crippen LogP contribution in [0.3, 0.4) is 0 Å². The molecule has 2 nitrogen and oxygen atoms in total. The molecule has 0 saturated heterocycles. The molecular formula is C66H44F4N2. The molecule has 0 spiro atoms. The highest BCUT2D eigenvalue weighted by Crippen LogP contribution is 2.49. The Morgan fingerprint density at radius 3 is 0.819 bits per heavy atom. The van der Waals surface area contributed by atoms with Crippen LogP contribution in [0.2, 0.25) is 0 Å². The summed E-state index contributed by atoms with van der Waals surface area (Å²) in [6, 6.07) is 73.3. The van der Waals surface area contributed by atoms with Crippen LogP contribution in [0.25, 0.3) is 76.8 Å². The van der Waals surface area contributed by atoms with E-state index in [-0.39, 0.29) is 23.3 Å². The molecule has 12 aromatic carbocycles. The van der Waals surface area contributed by atoms with Gasteiger partial charge in [0.15, 0.2) is 0 Å². The predicted molar refractivity (Wildman–Crippen MR) is 291 cm³/mol. The number of rotatable bonds is 10. The summed E-state index contributed by atoms with van der Waals surface area (Å²) < 4.78 is 57.4. The summed E-state index contributed by atoms with van der Waals surface area (Å²) in [5, 5.41) is 6.45. The van der Waals surface area contributed by atoms with Crippen LogP contribution < -0.4 is 9.80 Å². The third-order valence-electron chi connectivity index (χ3n) is 13.7. The van der Waals surface area contributed by atoms with Crippen LogP contribution in [0.4, 0.5) is 51.7 Å².